The summed E-state index contributed by atoms with van der Waals surface area (Å²) < 4.78 is 21.6. The number of ether oxygens (including phenoxy) is 4. The van der Waals surface area contributed by atoms with Crippen molar-refractivity contribution >= 4 is 23.3 Å². The molecule has 0 bridgehead atoms. The fraction of sp³-hybridized carbons (Fsp3) is 0.400. The number of esters is 1. The number of hydrogen-bond donors (Lipinski definition) is 1. The molecule has 9 nitrogen and oxygen atoms in total. The quantitative estimate of drug-likeness (QED) is 0.418. The molecule has 182 valence electrons. The first-order valence-electron chi connectivity index (χ1n) is 11.2. The number of hydrogen-bond acceptors (Lipinski definition) is 8. The van der Waals surface area contributed by atoms with Gasteiger partial charge in [-0.05, 0) is 50.2 Å². The molecule has 3 rings (SSSR count). The summed E-state index contributed by atoms with van der Waals surface area (Å²) in [5, 5.41) is 2.77. The van der Waals surface area contributed by atoms with E-state index < -0.39 is 11.9 Å². The number of carbonyl (C=O) groups excluding carboxylic acids is 3. The Morgan fingerprint density at radius 3 is 2.38 bits per heavy atom. The molecule has 1 aliphatic rings. The van der Waals surface area contributed by atoms with Crippen LogP contribution in [0.4, 0.5) is 5.69 Å². The van der Waals surface area contributed by atoms with Gasteiger partial charge in [0.1, 0.15) is 23.7 Å². The van der Waals surface area contributed by atoms with Gasteiger partial charge in [-0.1, -0.05) is 0 Å². The van der Waals surface area contributed by atoms with Gasteiger partial charge in [-0.2, -0.15) is 0 Å². The highest BCUT2D eigenvalue weighted by Crippen LogP contribution is 2.28. The monoisotopic (exact) mass is 470 g/mol. The average molecular weight is 471 g/mol. The van der Waals surface area contributed by atoms with Crippen LogP contribution < -0.4 is 14.8 Å². The first-order chi connectivity index (χ1) is 16.4. The number of anilines is 1. The van der Waals surface area contributed by atoms with Crippen molar-refractivity contribution in [2.75, 3.05) is 58.5 Å². The van der Waals surface area contributed by atoms with E-state index in [0.29, 0.717) is 55.7 Å². The zero-order valence-electron chi connectivity index (χ0n) is 19.7. The first kappa shape index (κ1) is 25.2. The molecule has 2 aromatic rings. The molecule has 9 heteroatoms. The fourth-order valence-electron chi connectivity index (χ4n) is 3.50. The molecule has 0 aliphatic carbocycles. The molecular weight excluding hydrogens is 440 g/mol. The van der Waals surface area contributed by atoms with Crippen LogP contribution in [0.1, 0.15) is 44.9 Å². The van der Waals surface area contributed by atoms with Gasteiger partial charge in [0.05, 0.1) is 32.6 Å². The van der Waals surface area contributed by atoms with Gasteiger partial charge < -0.3 is 24.3 Å². The number of Topliss-reactive ketones (excluding diaryl/α,β-unsaturated/α-hetero) is 1. The normalized spacial score (nSPS) is 13.7. The molecule has 0 saturated carbocycles. The van der Waals surface area contributed by atoms with Gasteiger partial charge >= 0.3 is 5.97 Å². The maximum atomic E-state index is 13.0. The largest absolute Gasteiger partial charge is 0.492 e. The van der Waals surface area contributed by atoms with Crippen molar-refractivity contribution in [1.82, 2.24) is 4.90 Å². The van der Waals surface area contributed by atoms with Crippen molar-refractivity contribution in [3.63, 3.8) is 0 Å². The van der Waals surface area contributed by atoms with Crippen LogP contribution in [0.5, 0.6) is 11.5 Å². The van der Waals surface area contributed by atoms with E-state index >= 15 is 0 Å². The number of nitrogens with zero attached hydrogens (tertiary/aromatic N) is 1. The lowest BCUT2D eigenvalue weighted by atomic mass is 10.1. The molecule has 0 radical (unpaired) electrons. The fourth-order valence-corrected chi connectivity index (χ4v) is 3.50. The molecule has 1 heterocycles. The third-order valence-electron chi connectivity index (χ3n) is 5.35. The predicted molar refractivity (Wildman–Crippen MR) is 126 cm³/mol. The summed E-state index contributed by atoms with van der Waals surface area (Å²) in [6.07, 6.45) is 0. The van der Waals surface area contributed by atoms with Crippen LogP contribution in [0.25, 0.3) is 0 Å². The lowest BCUT2D eigenvalue weighted by Crippen LogP contribution is -2.38. The highest BCUT2D eigenvalue weighted by molar-refractivity contribution is 6.07. The lowest BCUT2D eigenvalue weighted by molar-refractivity contribution is 0.0321. The Morgan fingerprint density at radius 1 is 1.00 bits per heavy atom. The van der Waals surface area contributed by atoms with Crippen LogP contribution in [0, 0.1) is 0 Å². The Bertz CT molecular complexity index is 1030. The van der Waals surface area contributed by atoms with Crippen molar-refractivity contribution in [2.24, 2.45) is 0 Å². The topological polar surface area (TPSA) is 103 Å². The minimum atomic E-state index is -0.607. The molecule has 1 N–H and O–H groups in total. The maximum absolute atomic E-state index is 13.0. The summed E-state index contributed by atoms with van der Waals surface area (Å²) in [6, 6.07) is 9.43. The number of rotatable bonds is 10. The Kier molecular flexibility index (Phi) is 9.00. The third kappa shape index (κ3) is 6.55. The summed E-state index contributed by atoms with van der Waals surface area (Å²) in [6.45, 7) is 7.79. The second kappa shape index (κ2) is 12.2. The van der Waals surface area contributed by atoms with Gasteiger partial charge in [0.15, 0.2) is 5.78 Å². The van der Waals surface area contributed by atoms with Gasteiger partial charge in [-0.25, -0.2) is 4.79 Å². The van der Waals surface area contributed by atoms with E-state index in [0.717, 1.165) is 13.1 Å². The first-order valence-corrected chi connectivity index (χ1v) is 11.2. The summed E-state index contributed by atoms with van der Waals surface area (Å²) in [5.74, 6) is -0.427. The van der Waals surface area contributed by atoms with Crippen LogP contribution in [0.3, 0.4) is 0 Å². The summed E-state index contributed by atoms with van der Waals surface area (Å²) in [4.78, 5) is 39.3. The number of benzene rings is 2. The van der Waals surface area contributed by atoms with Gasteiger partial charge in [0, 0.05) is 30.8 Å². The third-order valence-corrected chi connectivity index (χ3v) is 5.35. The number of carbonyl (C=O) groups is 3. The van der Waals surface area contributed by atoms with Gasteiger partial charge in [0.25, 0.3) is 5.91 Å². The van der Waals surface area contributed by atoms with Crippen molar-refractivity contribution in [2.45, 2.75) is 13.8 Å². The Balaban J connectivity index is 1.77. The minimum absolute atomic E-state index is 0.134. The molecule has 1 amide bonds. The van der Waals surface area contributed by atoms with Crippen molar-refractivity contribution < 1.29 is 33.3 Å². The van der Waals surface area contributed by atoms with Gasteiger partial charge in [-0.15, -0.1) is 0 Å². The number of morpholine rings is 1. The second-order valence-corrected chi connectivity index (χ2v) is 7.66. The molecule has 0 aromatic heterocycles. The van der Waals surface area contributed by atoms with E-state index in [9.17, 15) is 14.4 Å². The van der Waals surface area contributed by atoms with Crippen LogP contribution in [-0.2, 0) is 9.47 Å². The number of methoxy groups -OCH3 is 1. The lowest BCUT2D eigenvalue weighted by Gasteiger charge is -2.26. The van der Waals surface area contributed by atoms with E-state index in [-0.39, 0.29) is 16.9 Å². The van der Waals surface area contributed by atoms with E-state index in [1.807, 2.05) is 6.92 Å². The molecule has 34 heavy (non-hydrogen) atoms. The highest BCUT2D eigenvalue weighted by Gasteiger charge is 2.19. The summed E-state index contributed by atoms with van der Waals surface area (Å²) >= 11 is 0. The summed E-state index contributed by atoms with van der Waals surface area (Å²) in [7, 11) is 1.27. The highest BCUT2D eigenvalue weighted by atomic mass is 16.5. The SMILES string of the molecule is CCOc1ccc(C(C)=O)cc1NC(=O)c1ccc(OCCN2CCOCC2)c(C(=O)OC)c1. The molecule has 0 atom stereocenters. The predicted octanol–water partition coefficient (Wildman–Crippen LogP) is 3.04. The molecule has 1 saturated heterocycles. The maximum Gasteiger partial charge on any atom is 0.341 e. The smallest absolute Gasteiger partial charge is 0.341 e. The van der Waals surface area contributed by atoms with Crippen LogP contribution in [0.15, 0.2) is 36.4 Å². The molecule has 0 spiro atoms. The molecular formula is C25H30N2O7. The minimum Gasteiger partial charge on any atom is -0.492 e. The molecule has 2 aromatic carbocycles. The Morgan fingerprint density at radius 2 is 1.71 bits per heavy atom. The van der Waals surface area contributed by atoms with E-state index in [1.54, 1.807) is 30.3 Å². The number of nitrogens with one attached hydrogen (secondary N) is 1. The zero-order chi connectivity index (χ0) is 24.5. The summed E-state index contributed by atoms with van der Waals surface area (Å²) in [5.41, 5.74) is 1.19. The molecule has 0 unspecified atom stereocenters. The zero-order valence-corrected chi connectivity index (χ0v) is 19.7. The average Bonchev–Trinajstić information content (AvgIpc) is 2.85. The van der Waals surface area contributed by atoms with Crippen LogP contribution in [-0.4, -0.2) is 75.7 Å². The number of ketones is 1. The van der Waals surface area contributed by atoms with Crippen LogP contribution >= 0.6 is 0 Å². The van der Waals surface area contributed by atoms with E-state index in [1.165, 1.54) is 20.1 Å². The van der Waals surface area contributed by atoms with E-state index in [2.05, 4.69) is 10.2 Å². The van der Waals surface area contributed by atoms with E-state index in [4.69, 9.17) is 18.9 Å². The van der Waals surface area contributed by atoms with Crippen molar-refractivity contribution in [1.29, 1.82) is 0 Å². The standard InChI is InChI=1S/C25H30N2O7/c1-4-33-23-8-5-18(17(2)28)16-21(23)26-24(29)19-6-7-22(20(15-19)25(30)31-3)34-14-11-27-9-12-32-13-10-27/h5-8,15-16H,4,9-14H2,1-3H3,(H,26,29). The van der Waals surface area contributed by atoms with Crippen molar-refractivity contribution in [3.05, 3.63) is 53.1 Å². The van der Waals surface area contributed by atoms with Crippen LogP contribution in [0.2, 0.25) is 0 Å². The van der Waals surface area contributed by atoms with Gasteiger partial charge in [-0.3, -0.25) is 14.5 Å². The van der Waals surface area contributed by atoms with Crippen molar-refractivity contribution in [3.8, 4) is 11.5 Å². The molecule has 1 aliphatic heterocycles. The number of amides is 1. The Hall–Kier alpha value is -3.43. The Labute approximate surface area is 198 Å². The second-order valence-electron chi connectivity index (χ2n) is 7.66. The van der Waals surface area contributed by atoms with Gasteiger partial charge in [0.2, 0.25) is 0 Å². The molecule has 1 fully saturated rings.